The molecule has 9 heteroatoms. The van der Waals surface area contributed by atoms with E-state index in [1.165, 1.54) is 24.0 Å². The summed E-state index contributed by atoms with van der Waals surface area (Å²) < 4.78 is 10.6. The second kappa shape index (κ2) is 11.2. The van der Waals surface area contributed by atoms with Crippen LogP contribution in [0.5, 0.6) is 11.5 Å². The van der Waals surface area contributed by atoms with Crippen LogP contribution < -0.4 is 14.4 Å². The van der Waals surface area contributed by atoms with Crippen LogP contribution in [0.4, 0.5) is 5.69 Å². The first-order valence-corrected chi connectivity index (χ1v) is 11.5. The minimum absolute atomic E-state index is 0.0480. The molecule has 0 atom stereocenters. The Hall–Kier alpha value is -3.26. The number of benzene rings is 2. The smallest absolute Gasteiger partial charge is 0.254 e. The molecule has 0 unspecified atom stereocenters. The monoisotopic (exact) mass is 487 g/mol. The topological polar surface area (TPSA) is 79.4 Å². The number of anilines is 1. The quantitative estimate of drug-likeness (QED) is 0.538. The van der Waals surface area contributed by atoms with Crippen molar-refractivity contribution in [3.63, 3.8) is 0 Å². The summed E-state index contributed by atoms with van der Waals surface area (Å²) in [5, 5.41) is 0.556. The lowest BCUT2D eigenvalue weighted by Gasteiger charge is -2.25. The van der Waals surface area contributed by atoms with E-state index in [1.807, 2.05) is 13.8 Å². The number of hydrogen-bond acceptors (Lipinski definition) is 5. The molecule has 1 aliphatic heterocycles. The number of rotatable bonds is 9. The molecule has 3 rings (SSSR count). The van der Waals surface area contributed by atoms with Crippen molar-refractivity contribution >= 4 is 35.0 Å². The molecule has 3 amide bonds. The molecule has 0 aliphatic carbocycles. The molecule has 182 valence electrons. The molecule has 0 bridgehead atoms. The predicted molar refractivity (Wildman–Crippen MR) is 131 cm³/mol. The van der Waals surface area contributed by atoms with E-state index in [-0.39, 0.29) is 37.5 Å². The molecular weight excluding hydrogens is 458 g/mol. The fourth-order valence-electron chi connectivity index (χ4n) is 3.79. The van der Waals surface area contributed by atoms with E-state index in [4.69, 9.17) is 21.1 Å². The minimum atomic E-state index is -0.299. The van der Waals surface area contributed by atoms with Gasteiger partial charge in [-0.25, -0.2) is 0 Å². The van der Waals surface area contributed by atoms with Gasteiger partial charge in [-0.2, -0.15) is 0 Å². The highest BCUT2D eigenvalue weighted by atomic mass is 35.5. The number of hydrogen-bond donors (Lipinski definition) is 0. The van der Waals surface area contributed by atoms with E-state index in [1.54, 1.807) is 41.3 Å². The zero-order chi connectivity index (χ0) is 24.8. The van der Waals surface area contributed by atoms with Crippen LogP contribution in [0, 0.1) is 6.92 Å². The third-order valence-corrected chi connectivity index (χ3v) is 6.22. The first-order chi connectivity index (χ1) is 16.3. The second-order valence-corrected chi connectivity index (χ2v) is 8.53. The number of amides is 3. The Morgan fingerprint density at radius 3 is 2.41 bits per heavy atom. The van der Waals surface area contributed by atoms with Gasteiger partial charge >= 0.3 is 0 Å². The van der Waals surface area contributed by atoms with Gasteiger partial charge < -0.3 is 19.3 Å². The maximum Gasteiger partial charge on any atom is 0.254 e. The van der Waals surface area contributed by atoms with Crippen LogP contribution in [0.15, 0.2) is 36.4 Å². The van der Waals surface area contributed by atoms with Gasteiger partial charge in [-0.05, 0) is 43.2 Å². The highest BCUT2D eigenvalue weighted by molar-refractivity contribution is 6.31. The van der Waals surface area contributed by atoms with Gasteiger partial charge in [-0.15, -0.1) is 0 Å². The molecule has 34 heavy (non-hydrogen) atoms. The van der Waals surface area contributed by atoms with Gasteiger partial charge in [0.05, 0.1) is 14.2 Å². The Balaban J connectivity index is 1.77. The molecule has 2 aromatic rings. The van der Waals surface area contributed by atoms with Crippen LogP contribution >= 0.6 is 11.6 Å². The third-order valence-electron chi connectivity index (χ3n) is 5.82. The molecule has 1 saturated heterocycles. The van der Waals surface area contributed by atoms with Crippen molar-refractivity contribution in [3.05, 3.63) is 52.5 Å². The van der Waals surface area contributed by atoms with Crippen molar-refractivity contribution in [2.24, 2.45) is 0 Å². The number of halogens is 1. The van der Waals surface area contributed by atoms with Gasteiger partial charge in [0, 0.05) is 28.9 Å². The van der Waals surface area contributed by atoms with Gasteiger partial charge in [0.25, 0.3) is 5.91 Å². The zero-order valence-electron chi connectivity index (χ0n) is 20.0. The van der Waals surface area contributed by atoms with E-state index in [0.29, 0.717) is 34.3 Å². The van der Waals surface area contributed by atoms with Gasteiger partial charge in [0.1, 0.15) is 31.3 Å². The van der Waals surface area contributed by atoms with Crippen molar-refractivity contribution in [3.8, 4) is 11.5 Å². The molecule has 0 N–H and O–H groups in total. The number of ether oxygens (including phenoxy) is 2. The van der Waals surface area contributed by atoms with Crippen LogP contribution in [0.25, 0.3) is 0 Å². The number of carbonyl (C=O) groups excluding carboxylic acids is 3. The average molecular weight is 488 g/mol. The Labute approximate surface area is 205 Å². The lowest BCUT2D eigenvalue weighted by molar-refractivity contribution is -0.132. The summed E-state index contributed by atoms with van der Waals surface area (Å²) >= 11 is 6.21. The summed E-state index contributed by atoms with van der Waals surface area (Å²) in [6, 6.07) is 10.3. The number of unbranched alkanes of at least 4 members (excludes halogenated alkanes) is 1. The van der Waals surface area contributed by atoms with Crippen molar-refractivity contribution in [2.45, 2.75) is 26.7 Å². The molecular formula is C25H30ClN3O5. The van der Waals surface area contributed by atoms with Crippen molar-refractivity contribution in [2.75, 3.05) is 45.4 Å². The molecule has 8 nitrogen and oxygen atoms in total. The SMILES string of the molecule is CCCCN(CC(=O)N1CC(=O)N(c2cccc(Cl)c2C)C1)C(=O)c1cc(OC)cc(OC)c1. The summed E-state index contributed by atoms with van der Waals surface area (Å²) in [4.78, 5) is 43.7. The van der Waals surface area contributed by atoms with E-state index in [2.05, 4.69) is 0 Å². The second-order valence-electron chi connectivity index (χ2n) is 8.12. The summed E-state index contributed by atoms with van der Waals surface area (Å²) in [6.07, 6.45) is 1.61. The van der Waals surface area contributed by atoms with Gasteiger partial charge in [-0.3, -0.25) is 19.3 Å². The lowest BCUT2D eigenvalue weighted by Crippen LogP contribution is -2.43. The fraction of sp³-hybridized carbons (Fsp3) is 0.400. The summed E-state index contributed by atoms with van der Waals surface area (Å²) in [6.45, 7) is 4.20. The largest absolute Gasteiger partial charge is 0.497 e. The van der Waals surface area contributed by atoms with Gasteiger partial charge in [-0.1, -0.05) is 31.0 Å². The standard InChI is InChI=1S/C25H30ClN3O5/c1-5-6-10-27(25(32)18-11-19(33-3)13-20(12-18)34-4)14-23(30)28-15-24(31)29(16-28)22-9-7-8-21(26)17(22)2/h7-9,11-13H,5-6,10,14-16H2,1-4H3. The lowest BCUT2D eigenvalue weighted by atomic mass is 10.1. The Morgan fingerprint density at radius 1 is 1.12 bits per heavy atom. The normalized spacial score (nSPS) is 13.3. The van der Waals surface area contributed by atoms with Crippen LogP contribution in [-0.4, -0.2) is 68.0 Å². The summed E-state index contributed by atoms with van der Waals surface area (Å²) in [5.74, 6) is 0.189. The number of nitrogens with zero attached hydrogens (tertiary/aromatic N) is 3. The molecule has 2 aromatic carbocycles. The first-order valence-electron chi connectivity index (χ1n) is 11.1. The van der Waals surface area contributed by atoms with E-state index >= 15 is 0 Å². The Morgan fingerprint density at radius 2 is 1.79 bits per heavy atom. The van der Waals surface area contributed by atoms with Crippen LogP contribution in [-0.2, 0) is 9.59 Å². The van der Waals surface area contributed by atoms with Crippen molar-refractivity contribution < 1.29 is 23.9 Å². The Kier molecular flexibility index (Phi) is 8.39. The predicted octanol–water partition coefficient (Wildman–Crippen LogP) is 3.74. The zero-order valence-corrected chi connectivity index (χ0v) is 20.7. The number of carbonyl (C=O) groups is 3. The summed E-state index contributed by atoms with van der Waals surface area (Å²) in [7, 11) is 3.03. The van der Waals surface area contributed by atoms with Crippen molar-refractivity contribution in [1.82, 2.24) is 9.80 Å². The van der Waals surface area contributed by atoms with E-state index in [0.717, 1.165) is 18.4 Å². The third kappa shape index (κ3) is 5.62. The molecule has 0 saturated carbocycles. The molecule has 0 radical (unpaired) electrons. The fourth-order valence-corrected chi connectivity index (χ4v) is 3.96. The minimum Gasteiger partial charge on any atom is -0.497 e. The highest BCUT2D eigenvalue weighted by Crippen LogP contribution is 2.29. The molecule has 0 spiro atoms. The average Bonchev–Trinajstić information content (AvgIpc) is 3.23. The summed E-state index contributed by atoms with van der Waals surface area (Å²) in [5.41, 5.74) is 1.82. The van der Waals surface area contributed by atoms with Crippen LogP contribution in [0.3, 0.4) is 0 Å². The Bertz CT molecular complexity index is 1050. The maximum absolute atomic E-state index is 13.3. The van der Waals surface area contributed by atoms with Crippen LogP contribution in [0.1, 0.15) is 35.7 Å². The van der Waals surface area contributed by atoms with Gasteiger partial charge in [0.15, 0.2) is 0 Å². The molecule has 0 aromatic heterocycles. The highest BCUT2D eigenvalue weighted by Gasteiger charge is 2.34. The maximum atomic E-state index is 13.3. The van der Waals surface area contributed by atoms with E-state index < -0.39 is 0 Å². The molecule has 1 fully saturated rings. The number of methoxy groups -OCH3 is 2. The first kappa shape index (κ1) is 25.4. The van der Waals surface area contributed by atoms with E-state index in [9.17, 15) is 14.4 Å². The molecule has 1 aliphatic rings. The van der Waals surface area contributed by atoms with Crippen molar-refractivity contribution in [1.29, 1.82) is 0 Å². The molecule has 1 heterocycles. The van der Waals surface area contributed by atoms with Gasteiger partial charge in [0.2, 0.25) is 11.8 Å². The van der Waals surface area contributed by atoms with Crippen LogP contribution in [0.2, 0.25) is 5.02 Å².